The molecule has 0 aliphatic carbocycles. The fraction of sp³-hybridized carbons (Fsp3) is 0.143. The van der Waals surface area contributed by atoms with Crippen molar-refractivity contribution < 1.29 is 17.9 Å². The monoisotopic (exact) mass is 354 g/mol. The first-order chi connectivity index (χ1) is 9.75. The number of rotatable bonds is 2. The van der Waals surface area contributed by atoms with Crippen LogP contribution < -0.4 is 4.74 Å². The smallest absolute Gasteiger partial charge is 0.416 e. The second-order valence-electron chi connectivity index (χ2n) is 4.13. The summed E-state index contributed by atoms with van der Waals surface area (Å²) >= 11 is 18.0. The highest BCUT2D eigenvalue weighted by Crippen LogP contribution is 2.44. The van der Waals surface area contributed by atoms with Gasteiger partial charge in [-0.25, -0.2) is 0 Å². The molecule has 1 nitrogen and oxygen atoms in total. The molecule has 0 saturated heterocycles. The minimum Gasteiger partial charge on any atom is -0.496 e. The zero-order valence-electron chi connectivity index (χ0n) is 10.6. The van der Waals surface area contributed by atoms with E-state index >= 15 is 0 Å². The molecule has 21 heavy (non-hydrogen) atoms. The van der Waals surface area contributed by atoms with Crippen molar-refractivity contribution in [1.82, 2.24) is 0 Å². The molecule has 0 radical (unpaired) electrons. The van der Waals surface area contributed by atoms with Gasteiger partial charge in [-0.3, -0.25) is 0 Å². The summed E-state index contributed by atoms with van der Waals surface area (Å²) in [6.07, 6.45) is -4.49. The van der Waals surface area contributed by atoms with E-state index in [2.05, 4.69) is 0 Å². The summed E-state index contributed by atoms with van der Waals surface area (Å²) in [5, 5.41) is 0.444. The van der Waals surface area contributed by atoms with Gasteiger partial charge in [0.1, 0.15) is 5.75 Å². The van der Waals surface area contributed by atoms with E-state index in [1.807, 2.05) is 0 Å². The summed E-state index contributed by atoms with van der Waals surface area (Å²) in [5.41, 5.74) is -0.496. The van der Waals surface area contributed by atoms with Crippen molar-refractivity contribution in [2.75, 3.05) is 7.11 Å². The van der Waals surface area contributed by atoms with Gasteiger partial charge in [0.2, 0.25) is 0 Å². The summed E-state index contributed by atoms with van der Waals surface area (Å²) in [6, 6.07) is 6.00. The summed E-state index contributed by atoms with van der Waals surface area (Å²) in [6.45, 7) is 0. The molecule has 2 aromatic carbocycles. The van der Waals surface area contributed by atoms with Crippen LogP contribution in [0.25, 0.3) is 11.1 Å². The Labute approximate surface area is 134 Å². The van der Waals surface area contributed by atoms with E-state index in [0.717, 1.165) is 12.1 Å². The van der Waals surface area contributed by atoms with Gasteiger partial charge in [-0.15, -0.1) is 0 Å². The highest BCUT2D eigenvalue weighted by molar-refractivity contribution is 6.46. The quantitative estimate of drug-likeness (QED) is 0.571. The molecule has 0 unspecified atom stereocenters. The molecule has 0 amide bonds. The Balaban J connectivity index is 2.76. The van der Waals surface area contributed by atoms with Gasteiger partial charge in [0.05, 0.1) is 27.7 Å². The van der Waals surface area contributed by atoms with Gasteiger partial charge in [0.25, 0.3) is 0 Å². The van der Waals surface area contributed by atoms with Crippen LogP contribution in [0.2, 0.25) is 15.1 Å². The van der Waals surface area contributed by atoms with Gasteiger partial charge in [0.15, 0.2) is 0 Å². The highest BCUT2D eigenvalue weighted by atomic mass is 35.5. The topological polar surface area (TPSA) is 9.23 Å². The average molecular weight is 356 g/mol. The summed E-state index contributed by atoms with van der Waals surface area (Å²) in [7, 11) is 1.35. The molecule has 0 spiro atoms. The first-order valence-corrected chi connectivity index (χ1v) is 6.78. The molecule has 0 fully saturated rings. The molecule has 2 aromatic rings. The standard InChI is InChI=1S/C14H8Cl3F3O/c1-21-11-5-2-7(14(18,19)20)6-8(11)12-9(15)3-4-10(16)13(12)17/h2-6H,1H3. The molecular formula is C14H8Cl3F3O. The average Bonchev–Trinajstić information content (AvgIpc) is 2.42. The third-order valence-corrected chi connectivity index (χ3v) is 3.96. The first kappa shape index (κ1) is 16.3. The minimum atomic E-state index is -4.49. The van der Waals surface area contributed by atoms with E-state index in [-0.39, 0.29) is 31.9 Å². The Morgan fingerprint density at radius 3 is 2.14 bits per heavy atom. The van der Waals surface area contributed by atoms with E-state index in [1.165, 1.54) is 25.3 Å². The van der Waals surface area contributed by atoms with Crippen LogP contribution in [0.3, 0.4) is 0 Å². The van der Waals surface area contributed by atoms with Gasteiger partial charge >= 0.3 is 6.18 Å². The van der Waals surface area contributed by atoms with Crippen molar-refractivity contribution in [3.05, 3.63) is 51.0 Å². The van der Waals surface area contributed by atoms with Crippen molar-refractivity contribution in [3.8, 4) is 16.9 Å². The minimum absolute atomic E-state index is 0.0711. The molecule has 0 bridgehead atoms. The molecule has 0 saturated carbocycles. The van der Waals surface area contributed by atoms with Crippen LogP contribution in [-0.2, 0) is 6.18 Å². The third kappa shape index (κ3) is 3.23. The van der Waals surface area contributed by atoms with Crippen molar-refractivity contribution >= 4 is 34.8 Å². The lowest BCUT2D eigenvalue weighted by molar-refractivity contribution is -0.137. The predicted molar refractivity (Wildman–Crippen MR) is 78.5 cm³/mol. The fourth-order valence-electron chi connectivity index (χ4n) is 1.85. The van der Waals surface area contributed by atoms with E-state index < -0.39 is 11.7 Å². The lowest BCUT2D eigenvalue weighted by atomic mass is 10.0. The predicted octanol–water partition coefficient (Wildman–Crippen LogP) is 6.34. The fourth-order valence-corrected chi connectivity index (χ4v) is 2.59. The van der Waals surface area contributed by atoms with Crippen LogP contribution in [0.1, 0.15) is 5.56 Å². The Kier molecular flexibility index (Phi) is 4.61. The third-order valence-electron chi connectivity index (χ3n) is 2.84. The van der Waals surface area contributed by atoms with E-state index in [0.29, 0.717) is 0 Å². The van der Waals surface area contributed by atoms with Crippen molar-refractivity contribution in [1.29, 1.82) is 0 Å². The van der Waals surface area contributed by atoms with Gasteiger partial charge < -0.3 is 4.74 Å². The number of hydrogen-bond donors (Lipinski definition) is 0. The van der Waals surface area contributed by atoms with E-state index in [9.17, 15) is 13.2 Å². The molecule has 0 aromatic heterocycles. The van der Waals surface area contributed by atoms with Crippen LogP contribution in [0.15, 0.2) is 30.3 Å². The normalized spacial score (nSPS) is 11.6. The van der Waals surface area contributed by atoms with Crippen molar-refractivity contribution in [3.63, 3.8) is 0 Å². The number of benzene rings is 2. The van der Waals surface area contributed by atoms with Crippen LogP contribution in [0.4, 0.5) is 13.2 Å². The summed E-state index contributed by atoms with van der Waals surface area (Å²) < 4.78 is 43.7. The Bertz CT molecular complexity index is 684. The number of alkyl halides is 3. The summed E-state index contributed by atoms with van der Waals surface area (Å²) in [5.74, 6) is 0.217. The van der Waals surface area contributed by atoms with Gasteiger partial charge in [-0.2, -0.15) is 13.2 Å². The van der Waals surface area contributed by atoms with E-state index in [4.69, 9.17) is 39.5 Å². The Morgan fingerprint density at radius 1 is 0.952 bits per heavy atom. The molecule has 0 atom stereocenters. The highest BCUT2D eigenvalue weighted by Gasteiger charge is 2.32. The van der Waals surface area contributed by atoms with Crippen LogP contribution >= 0.6 is 34.8 Å². The van der Waals surface area contributed by atoms with Gasteiger partial charge in [0, 0.05) is 11.1 Å². The zero-order chi connectivity index (χ0) is 15.8. The van der Waals surface area contributed by atoms with Crippen molar-refractivity contribution in [2.45, 2.75) is 6.18 Å². The van der Waals surface area contributed by atoms with Crippen molar-refractivity contribution in [2.24, 2.45) is 0 Å². The SMILES string of the molecule is COc1ccc(C(F)(F)F)cc1-c1c(Cl)ccc(Cl)c1Cl. The van der Waals surface area contributed by atoms with Crippen LogP contribution in [0, 0.1) is 0 Å². The zero-order valence-corrected chi connectivity index (χ0v) is 12.8. The number of ether oxygens (including phenoxy) is 1. The molecule has 2 rings (SSSR count). The summed E-state index contributed by atoms with van der Waals surface area (Å²) in [4.78, 5) is 0. The maximum Gasteiger partial charge on any atom is 0.416 e. The second kappa shape index (κ2) is 5.95. The molecule has 7 heteroatoms. The number of methoxy groups -OCH3 is 1. The molecule has 0 N–H and O–H groups in total. The first-order valence-electron chi connectivity index (χ1n) is 5.64. The molecule has 0 aliphatic rings. The Morgan fingerprint density at radius 2 is 1.57 bits per heavy atom. The maximum atomic E-state index is 12.9. The van der Waals surface area contributed by atoms with Crippen LogP contribution in [-0.4, -0.2) is 7.11 Å². The second-order valence-corrected chi connectivity index (χ2v) is 5.32. The number of hydrogen-bond acceptors (Lipinski definition) is 1. The maximum absolute atomic E-state index is 12.9. The molecule has 0 heterocycles. The largest absolute Gasteiger partial charge is 0.496 e. The van der Waals surface area contributed by atoms with Gasteiger partial charge in [-0.05, 0) is 30.3 Å². The molecule has 112 valence electrons. The lowest BCUT2D eigenvalue weighted by Crippen LogP contribution is -2.05. The van der Waals surface area contributed by atoms with Gasteiger partial charge in [-0.1, -0.05) is 34.8 Å². The lowest BCUT2D eigenvalue weighted by Gasteiger charge is -2.15. The van der Waals surface area contributed by atoms with E-state index in [1.54, 1.807) is 0 Å². The Hall–Kier alpha value is -1.10. The number of halogens is 6. The molecular weight excluding hydrogens is 348 g/mol. The molecule has 0 aliphatic heterocycles. The van der Waals surface area contributed by atoms with Crippen LogP contribution in [0.5, 0.6) is 5.75 Å².